The summed E-state index contributed by atoms with van der Waals surface area (Å²) < 4.78 is 0. The van der Waals surface area contributed by atoms with Crippen LogP contribution in [0.3, 0.4) is 0 Å². The van der Waals surface area contributed by atoms with Gasteiger partial charge in [-0.3, -0.25) is 9.97 Å². The average molecular weight is 336 g/mol. The van der Waals surface area contributed by atoms with Gasteiger partial charge in [-0.15, -0.1) is 0 Å². The zero-order valence-electron chi connectivity index (χ0n) is 14.4. The van der Waals surface area contributed by atoms with E-state index in [1.54, 1.807) is 0 Å². The van der Waals surface area contributed by atoms with Crippen molar-refractivity contribution in [2.45, 2.75) is 11.8 Å². The maximum absolute atomic E-state index is 4.70. The van der Waals surface area contributed by atoms with Gasteiger partial charge >= 0.3 is 0 Å². The minimum absolute atomic E-state index is 0.0923. The molecule has 0 radical (unpaired) electrons. The number of pyridine rings is 2. The summed E-state index contributed by atoms with van der Waals surface area (Å²) in [5, 5.41) is 0. The van der Waals surface area contributed by atoms with Crippen molar-refractivity contribution in [3.05, 3.63) is 132 Å². The van der Waals surface area contributed by atoms with Gasteiger partial charge in [0.2, 0.25) is 0 Å². The second-order valence-corrected chi connectivity index (χ2v) is 6.29. The summed E-state index contributed by atoms with van der Waals surface area (Å²) in [5.41, 5.74) is 4.59. The summed E-state index contributed by atoms with van der Waals surface area (Å²) >= 11 is 0. The van der Waals surface area contributed by atoms with Crippen molar-refractivity contribution in [2.24, 2.45) is 0 Å². The molecule has 0 bridgehead atoms. The largest absolute Gasteiger partial charge is 0.261 e. The number of rotatable bonds is 5. The van der Waals surface area contributed by atoms with E-state index in [4.69, 9.17) is 9.97 Å². The molecule has 0 fully saturated rings. The Bertz CT molecular complexity index is 763. The van der Waals surface area contributed by atoms with Crippen LogP contribution in [0.1, 0.15) is 34.4 Å². The summed E-state index contributed by atoms with van der Waals surface area (Å²) in [7, 11) is 0. The number of aromatic nitrogens is 2. The highest BCUT2D eigenvalue weighted by Gasteiger charge is 2.29. The molecule has 2 heteroatoms. The SMILES string of the molecule is c1ccc([C@H](c2ccccn2)[C@H](c2ccccc2)c2ccccn2)cc1. The molecule has 0 N–H and O–H groups in total. The molecule has 2 aromatic carbocycles. The summed E-state index contributed by atoms with van der Waals surface area (Å²) in [6, 6.07) is 33.4. The third-order valence-electron chi connectivity index (χ3n) is 4.66. The Morgan fingerprint density at radius 2 is 0.808 bits per heavy atom. The molecule has 0 amide bonds. The van der Waals surface area contributed by atoms with Crippen LogP contribution in [0.25, 0.3) is 0 Å². The predicted molar refractivity (Wildman–Crippen MR) is 105 cm³/mol. The Hall–Kier alpha value is -3.26. The summed E-state index contributed by atoms with van der Waals surface area (Å²) in [5.74, 6) is 0.185. The van der Waals surface area contributed by atoms with E-state index in [-0.39, 0.29) is 11.8 Å². The van der Waals surface area contributed by atoms with Crippen LogP contribution in [-0.2, 0) is 0 Å². The first-order chi connectivity index (χ1) is 12.9. The van der Waals surface area contributed by atoms with Crippen LogP contribution in [0.2, 0.25) is 0 Å². The van der Waals surface area contributed by atoms with Crippen molar-refractivity contribution < 1.29 is 0 Å². The maximum atomic E-state index is 4.70. The van der Waals surface area contributed by atoms with Gasteiger partial charge in [0.25, 0.3) is 0 Å². The third kappa shape index (κ3) is 3.40. The first-order valence-electron chi connectivity index (χ1n) is 8.85. The molecular formula is C24H20N2. The highest BCUT2D eigenvalue weighted by atomic mass is 14.7. The van der Waals surface area contributed by atoms with E-state index in [1.165, 1.54) is 11.1 Å². The van der Waals surface area contributed by atoms with Gasteiger partial charge in [-0.1, -0.05) is 72.8 Å². The van der Waals surface area contributed by atoms with Crippen LogP contribution < -0.4 is 0 Å². The minimum Gasteiger partial charge on any atom is -0.261 e. The van der Waals surface area contributed by atoms with Crippen LogP contribution in [0.4, 0.5) is 0 Å². The van der Waals surface area contributed by atoms with E-state index in [2.05, 4.69) is 84.9 Å². The quantitative estimate of drug-likeness (QED) is 0.485. The molecule has 0 saturated heterocycles. The zero-order chi connectivity index (χ0) is 17.6. The Morgan fingerprint density at radius 3 is 1.15 bits per heavy atom. The zero-order valence-corrected chi connectivity index (χ0v) is 14.4. The van der Waals surface area contributed by atoms with E-state index in [9.17, 15) is 0 Å². The van der Waals surface area contributed by atoms with Crippen LogP contribution >= 0.6 is 0 Å². The molecule has 2 heterocycles. The van der Waals surface area contributed by atoms with Crippen molar-refractivity contribution in [1.29, 1.82) is 0 Å². The second kappa shape index (κ2) is 7.75. The Balaban J connectivity index is 1.93. The van der Waals surface area contributed by atoms with Crippen LogP contribution in [0.5, 0.6) is 0 Å². The summed E-state index contributed by atoms with van der Waals surface area (Å²) in [6.45, 7) is 0. The van der Waals surface area contributed by atoms with Crippen molar-refractivity contribution >= 4 is 0 Å². The molecule has 26 heavy (non-hydrogen) atoms. The average Bonchev–Trinajstić information content (AvgIpc) is 2.74. The van der Waals surface area contributed by atoms with Gasteiger partial charge in [0, 0.05) is 35.6 Å². The van der Waals surface area contributed by atoms with E-state index >= 15 is 0 Å². The normalized spacial score (nSPS) is 13.1. The molecule has 4 rings (SSSR count). The number of hydrogen-bond donors (Lipinski definition) is 0. The van der Waals surface area contributed by atoms with Crippen molar-refractivity contribution in [2.75, 3.05) is 0 Å². The van der Waals surface area contributed by atoms with Crippen LogP contribution in [0.15, 0.2) is 109 Å². The highest BCUT2D eigenvalue weighted by molar-refractivity contribution is 5.40. The Labute approximate surface area is 154 Å². The number of benzene rings is 2. The van der Waals surface area contributed by atoms with Gasteiger partial charge in [0.1, 0.15) is 0 Å². The molecular weight excluding hydrogens is 316 g/mol. The number of hydrogen-bond acceptors (Lipinski definition) is 2. The van der Waals surface area contributed by atoms with E-state index in [1.807, 2.05) is 24.5 Å². The molecule has 0 unspecified atom stereocenters. The lowest BCUT2D eigenvalue weighted by Gasteiger charge is -2.27. The molecule has 0 aliphatic rings. The molecule has 4 aromatic rings. The Morgan fingerprint density at radius 1 is 0.423 bits per heavy atom. The van der Waals surface area contributed by atoms with E-state index < -0.39 is 0 Å². The van der Waals surface area contributed by atoms with Crippen LogP contribution in [0, 0.1) is 0 Å². The standard InChI is InChI=1S/C24H20N2/c1-3-11-19(12-4-1)23(21-15-7-9-17-25-21)24(20-13-5-2-6-14-20)22-16-8-10-18-26-22/h1-18,23-24H/t23-,24-/m1/s1. The Kier molecular flexibility index (Phi) is 4.83. The van der Waals surface area contributed by atoms with E-state index in [0.717, 1.165) is 11.4 Å². The van der Waals surface area contributed by atoms with Gasteiger partial charge in [0.05, 0.1) is 0 Å². The molecule has 2 atom stereocenters. The fourth-order valence-electron chi connectivity index (χ4n) is 3.51. The number of nitrogens with zero attached hydrogens (tertiary/aromatic N) is 2. The first-order valence-corrected chi connectivity index (χ1v) is 8.85. The molecule has 2 aromatic heterocycles. The molecule has 0 aliphatic heterocycles. The molecule has 126 valence electrons. The maximum Gasteiger partial charge on any atom is 0.0488 e. The van der Waals surface area contributed by atoms with Gasteiger partial charge in [-0.05, 0) is 35.4 Å². The monoisotopic (exact) mass is 336 g/mol. The first kappa shape index (κ1) is 16.2. The van der Waals surface area contributed by atoms with E-state index in [0.29, 0.717) is 0 Å². The predicted octanol–water partition coefficient (Wildman–Crippen LogP) is 5.44. The fourth-order valence-corrected chi connectivity index (χ4v) is 3.51. The van der Waals surface area contributed by atoms with Crippen molar-refractivity contribution in [3.63, 3.8) is 0 Å². The lowest BCUT2D eigenvalue weighted by atomic mass is 9.77. The van der Waals surface area contributed by atoms with Gasteiger partial charge in [-0.25, -0.2) is 0 Å². The van der Waals surface area contributed by atoms with Crippen molar-refractivity contribution in [3.8, 4) is 0 Å². The third-order valence-corrected chi connectivity index (χ3v) is 4.66. The van der Waals surface area contributed by atoms with Crippen molar-refractivity contribution in [1.82, 2.24) is 9.97 Å². The second-order valence-electron chi connectivity index (χ2n) is 6.29. The van der Waals surface area contributed by atoms with Crippen LogP contribution in [-0.4, -0.2) is 9.97 Å². The van der Waals surface area contributed by atoms with Gasteiger partial charge in [0.15, 0.2) is 0 Å². The van der Waals surface area contributed by atoms with Gasteiger partial charge in [-0.2, -0.15) is 0 Å². The lowest BCUT2D eigenvalue weighted by Crippen LogP contribution is -2.16. The highest BCUT2D eigenvalue weighted by Crippen LogP contribution is 2.41. The molecule has 0 saturated carbocycles. The lowest BCUT2D eigenvalue weighted by molar-refractivity contribution is 0.657. The molecule has 0 aliphatic carbocycles. The summed E-state index contributed by atoms with van der Waals surface area (Å²) in [6.07, 6.45) is 3.73. The molecule has 2 nitrogen and oxygen atoms in total. The van der Waals surface area contributed by atoms with Gasteiger partial charge < -0.3 is 0 Å². The minimum atomic E-state index is 0.0923. The smallest absolute Gasteiger partial charge is 0.0488 e. The summed E-state index contributed by atoms with van der Waals surface area (Å²) in [4.78, 5) is 9.40. The topological polar surface area (TPSA) is 25.8 Å². The molecule has 0 spiro atoms. The fraction of sp³-hybridized carbons (Fsp3) is 0.0833.